The average Bonchev–Trinajstić information content (AvgIpc) is 1.59. The van der Waals surface area contributed by atoms with Gasteiger partial charge in [0, 0.05) is 109 Å². The van der Waals surface area contributed by atoms with E-state index in [0.717, 1.165) is 139 Å². The predicted octanol–water partition coefficient (Wildman–Crippen LogP) is 9.54. The van der Waals surface area contributed by atoms with E-state index in [0.29, 0.717) is 100 Å². The smallest absolute Gasteiger partial charge is 0.870 e. The molecule has 0 radical (unpaired) electrons. The number of carbonyl (C=O) groups excluding carboxylic acids is 5. The predicted molar refractivity (Wildman–Crippen MR) is 446 cm³/mol. The second-order valence-corrected chi connectivity index (χ2v) is 34.9. The van der Waals surface area contributed by atoms with Crippen molar-refractivity contribution in [3.63, 3.8) is 0 Å². The largest absolute Gasteiger partial charge is 1.00 e. The Morgan fingerprint density at radius 1 is 0.509 bits per heavy atom. The third-order valence-electron chi connectivity index (χ3n) is 23.8. The van der Waals surface area contributed by atoms with E-state index in [1.807, 2.05) is 109 Å². The molecule has 0 aromatic carbocycles. The van der Waals surface area contributed by atoms with Crippen LogP contribution in [0.25, 0.3) is 0 Å². The van der Waals surface area contributed by atoms with Gasteiger partial charge in [-0.1, -0.05) is 37.2 Å². The Morgan fingerprint density at radius 2 is 0.888 bits per heavy atom. The standard InChI is InChI=1S/C28H36N6O4.C27H38N6O3.C23H28ClN5O2.C5H9NO2.CH4.Na.H2O/c1-19-17-33(13-14-37-19)23-6-4-5-22(30-23)31-25(35)20-16-29-24(34-26(36)38-18-27(34,2)3)15-21(20)32-11-9-28(7-8-28)10-12-32;1-19-17-33(13-14-36-19)24-6-4-5-22(29-24)30-25(35)20-16-28-23(31-26(2,3)18-34)15-21(20)32-11-9-27(7-8-27)10-12-32;1-16-15-29(11-12-31-16)21-4-2-3-20(26-21)27-22(30)17-14-25-19(24)13-18(17)28-9-7-23(5-6-23)8-10-28;1-5(2)3-8-4(7)6-5;;;/h4-6,15-16,19H,7-14,17-18H2,1-3H3,(H,30,31,35);4-6,15-16,19,34H,7-14,17-18H2,1-3H3,(H,28,31)(H,29,30,35);2-4,13-14,16H,5-12,15H2,1H3,(H,26,27,30);3H2,1-2H3,(H,6,7);1H4;;1H2/q;;;;;+1;/p-1/t2*19-;16-;;;;/m111..../s1. The Kier molecular flexibility index (Phi) is 28.4. The van der Waals surface area contributed by atoms with Gasteiger partial charge in [0.15, 0.2) is 0 Å². The number of pyridine rings is 6. The van der Waals surface area contributed by atoms with Crippen LogP contribution in [-0.4, -0.2) is 224 Å². The summed E-state index contributed by atoms with van der Waals surface area (Å²) in [5, 5.41) is 25.0. The molecule has 0 bridgehead atoms. The van der Waals surface area contributed by atoms with Crippen molar-refractivity contribution in [3.8, 4) is 0 Å². The Bertz CT molecular complexity index is 4420. The number of rotatable bonds is 16. The third-order valence-corrected chi connectivity index (χ3v) is 24.0. The SMILES string of the molecule is C.CC1(C)COC(=O)N1.C[C@@H]1CN(c2cccc(NC(=O)c3cnc(Cl)cc3N3CCC4(CC3)CC4)n2)CCO1.C[C@@H]1CN(c2cccc(NC(=O)c3cnc(N4C(=O)OCC4(C)C)cc3N3CCC4(CC3)CC4)n2)CCO1.C[C@@H]1CN(c2cccc(NC(=O)c3cnc(NC(C)(C)CO)cc3N3CCC4(CC3)CC4)n2)CCO1.[Na+].[OH-]. The van der Waals surface area contributed by atoms with Crippen molar-refractivity contribution >= 4 is 105 Å². The maximum Gasteiger partial charge on any atom is 1.00 e. The number of nitrogens with one attached hydrogen (secondary N) is 5. The monoisotopic (exact) mass is 1630 g/mol. The molecule has 8 aliphatic heterocycles. The Hall–Kier alpha value is -8.46. The van der Waals surface area contributed by atoms with Crippen molar-refractivity contribution < 1.29 is 87.8 Å². The average molecular weight is 1630 g/mol. The summed E-state index contributed by atoms with van der Waals surface area (Å²) in [4.78, 5) is 105. The van der Waals surface area contributed by atoms with Gasteiger partial charge in [0.2, 0.25) is 0 Å². The van der Waals surface area contributed by atoms with Crippen LogP contribution in [0.5, 0.6) is 0 Å². The van der Waals surface area contributed by atoms with E-state index >= 15 is 0 Å². The normalized spacial score (nSPS) is 22.2. The number of aromatic nitrogens is 6. The Morgan fingerprint density at radius 3 is 1.22 bits per heavy atom. The van der Waals surface area contributed by atoms with Crippen LogP contribution in [0, 0.1) is 16.2 Å². The maximum absolute atomic E-state index is 13.6. The van der Waals surface area contributed by atoms with Crippen LogP contribution in [0.4, 0.5) is 73.2 Å². The van der Waals surface area contributed by atoms with Crippen LogP contribution in [0.3, 0.4) is 0 Å². The fourth-order valence-corrected chi connectivity index (χ4v) is 16.3. The number of piperidine rings is 3. The minimum absolute atomic E-state index is 0. The first-order valence-electron chi connectivity index (χ1n) is 40.3. The van der Waals surface area contributed by atoms with Crippen LogP contribution in [0.2, 0.25) is 5.15 Å². The summed E-state index contributed by atoms with van der Waals surface area (Å²) in [6.07, 6.45) is 19.3. The number of halogens is 1. The van der Waals surface area contributed by atoms with Crippen molar-refractivity contribution in [2.24, 2.45) is 16.2 Å². The van der Waals surface area contributed by atoms with Gasteiger partial charge in [0.25, 0.3) is 17.7 Å². The molecule has 3 spiro atoms. The number of alkyl carbamates (subject to hydrolysis) is 1. The minimum Gasteiger partial charge on any atom is -0.870 e. The Balaban J connectivity index is 0.000000161. The summed E-state index contributed by atoms with van der Waals surface area (Å²) in [6.45, 7) is 30.6. The van der Waals surface area contributed by atoms with Crippen molar-refractivity contribution in [1.29, 1.82) is 0 Å². The second kappa shape index (κ2) is 37.2. The summed E-state index contributed by atoms with van der Waals surface area (Å²) in [6, 6.07) is 22.7. The molecule has 3 atom stereocenters. The first-order valence-corrected chi connectivity index (χ1v) is 40.6. The van der Waals surface area contributed by atoms with Gasteiger partial charge in [-0.3, -0.25) is 19.3 Å². The molecule has 6 aromatic rings. The summed E-state index contributed by atoms with van der Waals surface area (Å²) in [7, 11) is 0. The molecule has 17 rings (SSSR count). The number of aliphatic hydroxyl groups excluding tert-OH is 1. The molecule has 7 N–H and O–H groups in total. The van der Waals surface area contributed by atoms with Gasteiger partial charge in [-0.25, -0.2) is 39.5 Å². The number of carbonyl (C=O) groups is 5. The number of cyclic esters (lactones) is 2. The van der Waals surface area contributed by atoms with E-state index in [1.165, 1.54) is 51.4 Å². The second-order valence-electron chi connectivity index (χ2n) is 34.5. The number of morpholine rings is 3. The van der Waals surface area contributed by atoms with Gasteiger partial charge in [0.1, 0.15) is 64.9 Å². The van der Waals surface area contributed by atoms with Gasteiger partial charge in [-0.2, -0.15) is 0 Å². The fraction of sp³-hybridized carbons (Fsp3) is 0.583. The third kappa shape index (κ3) is 22.1. The van der Waals surface area contributed by atoms with Gasteiger partial charge < -0.3 is 90.3 Å². The van der Waals surface area contributed by atoms with Crippen molar-refractivity contribution in [1.82, 2.24) is 35.2 Å². The molecule has 622 valence electrons. The van der Waals surface area contributed by atoms with E-state index in [1.54, 1.807) is 35.6 Å². The van der Waals surface area contributed by atoms with Crippen molar-refractivity contribution in [2.45, 2.75) is 182 Å². The van der Waals surface area contributed by atoms with Gasteiger partial charge in [0.05, 0.1) is 95.1 Å². The topological polar surface area (TPSA) is 342 Å². The molecular weight excluding hydrogens is 1510 g/mol. The molecule has 11 aliphatic rings. The fourth-order valence-electron chi connectivity index (χ4n) is 16.1. The van der Waals surface area contributed by atoms with Crippen LogP contribution >= 0.6 is 11.6 Å². The van der Waals surface area contributed by atoms with Crippen LogP contribution in [0.1, 0.15) is 178 Å². The van der Waals surface area contributed by atoms with Gasteiger partial charge >= 0.3 is 41.7 Å². The summed E-state index contributed by atoms with van der Waals surface area (Å²) in [5.74, 6) is 4.45. The Labute approximate surface area is 708 Å². The van der Waals surface area contributed by atoms with Crippen LogP contribution in [0.15, 0.2) is 91.4 Å². The molecule has 3 saturated carbocycles. The number of amides is 5. The first-order chi connectivity index (χ1) is 54.1. The van der Waals surface area contributed by atoms with Crippen molar-refractivity contribution in [2.75, 3.05) is 174 Å². The molecule has 116 heavy (non-hydrogen) atoms. The van der Waals surface area contributed by atoms with E-state index in [2.05, 4.69) is 94.5 Å². The molecular formula is C84H116ClN18NaO12. The first kappa shape index (κ1) is 88.4. The number of hydrogen-bond donors (Lipinski definition) is 6. The quantitative estimate of drug-likeness (QED) is 0.0388. The molecule has 8 saturated heterocycles. The van der Waals surface area contributed by atoms with Gasteiger partial charge in [-0.05, 0) is 198 Å². The zero-order valence-electron chi connectivity index (χ0n) is 68.3. The summed E-state index contributed by atoms with van der Waals surface area (Å²) < 4.78 is 26.8. The van der Waals surface area contributed by atoms with Gasteiger partial charge in [-0.15, -0.1) is 0 Å². The van der Waals surface area contributed by atoms with Crippen molar-refractivity contribution in [3.05, 3.63) is 113 Å². The maximum atomic E-state index is 13.6. The minimum atomic E-state index is -0.521. The molecule has 32 heteroatoms. The number of aliphatic hydroxyl groups is 1. The molecule has 0 unspecified atom stereocenters. The van der Waals surface area contributed by atoms with E-state index in [4.69, 9.17) is 40.5 Å². The number of anilines is 11. The molecule has 30 nitrogen and oxygen atoms in total. The molecule has 11 fully saturated rings. The van der Waals surface area contributed by atoms with Crippen LogP contribution in [-0.2, 0) is 23.7 Å². The molecule has 14 heterocycles. The molecule has 3 aliphatic carbocycles. The van der Waals surface area contributed by atoms with E-state index < -0.39 is 17.2 Å². The number of ether oxygens (including phenoxy) is 5. The van der Waals surface area contributed by atoms with E-state index in [9.17, 15) is 29.1 Å². The number of nitrogens with zero attached hydrogens (tertiary/aromatic N) is 13. The number of hydrogen-bond acceptors (Lipinski definition) is 25. The molecule has 5 amide bonds. The van der Waals surface area contributed by atoms with E-state index in [-0.39, 0.29) is 96.7 Å². The summed E-state index contributed by atoms with van der Waals surface area (Å²) in [5.41, 5.74) is 4.44. The zero-order chi connectivity index (χ0) is 79.5. The molecule has 6 aromatic heterocycles. The zero-order valence-corrected chi connectivity index (χ0v) is 71.0. The summed E-state index contributed by atoms with van der Waals surface area (Å²) >= 11 is 6.19. The van der Waals surface area contributed by atoms with Crippen LogP contribution < -0.4 is 90.4 Å².